The maximum atomic E-state index is 13.0. The van der Waals surface area contributed by atoms with Crippen molar-refractivity contribution < 1.29 is 4.79 Å². The zero-order valence-corrected chi connectivity index (χ0v) is 16.5. The monoisotopic (exact) mass is 407 g/mol. The molecule has 7 heteroatoms. The Labute approximate surface area is 170 Å². The third-order valence-corrected chi connectivity index (χ3v) is 5.97. The molecule has 0 bridgehead atoms. The number of carbonyl (C=O) groups excluding carboxylic acids is 1. The molecule has 0 aliphatic carbocycles. The van der Waals surface area contributed by atoms with Gasteiger partial charge in [0.25, 0.3) is 5.56 Å². The first kappa shape index (κ1) is 18.5. The number of nitrogens with one attached hydrogen (secondary N) is 1. The summed E-state index contributed by atoms with van der Waals surface area (Å²) in [5, 5.41) is 5.26. The number of anilines is 1. The maximum absolute atomic E-state index is 13.0. The average Bonchev–Trinajstić information content (AvgIpc) is 3.19. The van der Waals surface area contributed by atoms with Gasteiger partial charge in [-0.2, -0.15) is 0 Å². The van der Waals surface area contributed by atoms with E-state index in [1.807, 2.05) is 72.1 Å². The molecular weight excluding hydrogens is 390 g/mol. The molecule has 0 radical (unpaired) electrons. The fraction of sp³-hybridized carbons (Fsp3) is 0.0952. The number of hydrogen-bond donors (Lipinski definition) is 1. The number of hydrogen-bond acceptors (Lipinski definition) is 5. The molecule has 28 heavy (non-hydrogen) atoms. The van der Waals surface area contributed by atoms with Crippen molar-refractivity contribution in [3.8, 4) is 0 Å². The van der Waals surface area contributed by atoms with Gasteiger partial charge in [-0.05, 0) is 29.1 Å². The van der Waals surface area contributed by atoms with E-state index in [0.29, 0.717) is 21.9 Å². The molecule has 0 spiro atoms. The largest absolute Gasteiger partial charge is 0.325 e. The van der Waals surface area contributed by atoms with E-state index in [-0.39, 0.29) is 17.2 Å². The van der Waals surface area contributed by atoms with Crippen LogP contribution in [-0.2, 0) is 11.3 Å². The highest BCUT2D eigenvalue weighted by Crippen LogP contribution is 2.22. The molecule has 5 nitrogen and oxygen atoms in total. The Morgan fingerprint density at radius 1 is 1.04 bits per heavy atom. The van der Waals surface area contributed by atoms with Gasteiger partial charge in [-0.25, -0.2) is 4.98 Å². The predicted molar refractivity (Wildman–Crippen MR) is 115 cm³/mol. The van der Waals surface area contributed by atoms with Gasteiger partial charge in [0.2, 0.25) is 5.91 Å². The molecule has 1 amide bonds. The van der Waals surface area contributed by atoms with Gasteiger partial charge >= 0.3 is 0 Å². The highest BCUT2D eigenvalue weighted by molar-refractivity contribution is 7.99. The van der Waals surface area contributed by atoms with Crippen molar-refractivity contribution in [2.75, 3.05) is 11.1 Å². The number of nitrogens with zero attached hydrogens (tertiary/aromatic N) is 2. The van der Waals surface area contributed by atoms with Crippen molar-refractivity contribution in [2.45, 2.75) is 11.7 Å². The van der Waals surface area contributed by atoms with Gasteiger partial charge in [0.15, 0.2) is 5.16 Å². The van der Waals surface area contributed by atoms with Crippen molar-refractivity contribution in [3.05, 3.63) is 88.0 Å². The van der Waals surface area contributed by atoms with Gasteiger partial charge in [0.1, 0.15) is 4.70 Å². The van der Waals surface area contributed by atoms with Gasteiger partial charge < -0.3 is 5.32 Å². The number of rotatable bonds is 6. The Kier molecular flexibility index (Phi) is 5.55. The van der Waals surface area contributed by atoms with Crippen LogP contribution in [0.25, 0.3) is 10.2 Å². The van der Waals surface area contributed by atoms with Crippen molar-refractivity contribution in [3.63, 3.8) is 0 Å². The second-order valence-corrected chi connectivity index (χ2v) is 7.97. The lowest BCUT2D eigenvalue weighted by Gasteiger charge is -2.12. The zero-order valence-electron chi connectivity index (χ0n) is 14.9. The summed E-state index contributed by atoms with van der Waals surface area (Å²) >= 11 is 2.66. The zero-order chi connectivity index (χ0) is 19.3. The summed E-state index contributed by atoms with van der Waals surface area (Å²) in [7, 11) is 0. The molecule has 0 saturated heterocycles. The highest BCUT2D eigenvalue weighted by Gasteiger charge is 2.14. The molecule has 4 rings (SSSR count). The van der Waals surface area contributed by atoms with Gasteiger partial charge in [-0.1, -0.05) is 60.3 Å². The molecule has 0 aliphatic heterocycles. The SMILES string of the molecule is O=C(CSc1nc2ccsc2c(=O)n1Cc1ccccc1)Nc1ccccc1. The maximum Gasteiger partial charge on any atom is 0.272 e. The van der Waals surface area contributed by atoms with Crippen LogP contribution < -0.4 is 10.9 Å². The second kappa shape index (κ2) is 8.41. The Morgan fingerprint density at radius 3 is 2.50 bits per heavy atom. The van der Waals surface area contributed by atoms with Gasteiger partial charge in [-0.15, -0.1) is 11.3 Å². The quantitative estimate of drug-likeness (QED) is 0.384. The third kappa shape index (κ3) is 4.16. The van der Waals surface area contributed by atoms with Crippen molar-refractivity contribution in [1.29, 1.82) is 0 Å². The van der Waals surface area contributed by atoms with E-state index in [0.717, 1.165) is 11.3 Å². The summed E-state index contributed by atoms with van der Waals surface area (Å²) in [6.07, 6.45) is 0. The van der Waals surface area contributed by atoms with Crippen LogP contribution in [0, 0.1) is 0 Å². The van der Waals surface area contributed by atoms with E-state index < -0.39 is 0 Å². The Morgan fingerprint density at radius 2 is 1.75 bits per heavy atom. The van der Waals surface area contributed by atoms with E-state index in [1.54, 1.807) is 4.57 Å². The number of fused-ring (bicyclic) bond motifs is 1. The Balaban J connectivity index is 1.59. The summed E-state index contributed by atoms with van der Waals surface area (Å²) in [5.41, 5.74) is 2.36. The van der Waals surface area contributed by atoms with Crippen LogP contribution in [0.4, 0.5) is 5.69 Å². The molecule has 0 aliphatic rings. The van der Waals surface area contributed by atoms with Crippen LogP contribution in [-0.4, -0.2) is 21.2 Å². The summed E-state index contributed by atoms with van der Waals surface area (Å²) in [6.45, 7) is 0.420. The van der Waals surface area contributed by atoms with Gasteiger partial charge in [0, 0.05) is 5.69 Å². The number of carbonyl (C=O) groups is 1. The number of amides is 1. The first-order valence-corrected chi connectivity index (χ1v) is 10.6. The minimum Gasteiger partial charge on any atom is -0.325 e. The highest BCUT2D eigenvalue weighted by atomic mass is 32.2. The van der Waals surface area contributed by atoms with Crippen LogP contribution >= 0.6 is 23.1 Å². The lowest BCUT2D eigenvalue weighted by molar-refractivity contribution is -0.113. The second-order valence-electron chi connectivity index (χ2n) is 6.11. The lowest BCUT2D eigenvalue weighted by Crippen LogP contribution is -2.24. The predicted octanol–water partition coefficient (Wildman–Crippen LogP) is 4.24. The van der Waals surface area contributed by atoms with Crippen molar-refractivity contribution in [2.24, 2.45) is 0 Å². The van der Waals surface area contributed by atoms with Crippen molar-refractivity contribution in [1.82, 2.24) is 9.55 Å². The Bertz CT molecular complexity index is 1150. The number of thioether (sulfide) groups is 1. The molecule has 0 atom stereocenters. The third-order valence-electron chi connectivity index (χ3n) is 4.10. The van der Waals surface area contributed by atoms with E-state index >= 15 is 0 Å². The molecule has 0 saturated carbocycles. The van der Waals surface area contributed by atoms with Gasteiger partial charge in [0.05, 0.1) is 17.8 Å². The molecule has 2 aromatic carbocycles. The molecule has 0 unspecified atom stereocenters. The van der Waals surface area contributed by atoms with Crippen molar-refractivity contribution >= 4 is 44.9 Å². The first-order valence-electron chi connectivity index (χ1n) is 8.70. The molecule has 2 aromatic heterocycles. The number of para-hydroxylation sites is 1. The van der Waals surface area contributed by atoms with Crippen LogP contribution in [0.1, 0.15) is 5.56 Å². The van der Waals surface area contributed by atoms with Crippen LogP contribution in [0.2, 0.25) is 0 Å². The van der Waals surface area contributed by atoms with Gasteiger partial charge in [-0.3, -0.25) is 14.2 Å². The molecule has 4 aromatic rings. The van der Waals surface area contributed by atoms with E-state index in [4.69, 9.17) is 0 Å². The summed E-state index contributed by atoms with van der Waals surface area (Å²) in [5.74, 6) is 0.0355. The molecule has 2 heterocycles. The minimum atomic E-state index is -0.137. The first-order chi connectivity index (χ1) is 13.7. The topological polar surface area (TPSA) is 64.0 Å². The Hall–Kier alpha value is -2.90. The van der Waals surface area contributed by atoms with Crippen LogP contribution in [0.15, 0.2) is 82.1 Å². The van der Waals surface area contributed by atoms with E-state index in [9.17, 15) is 9.59 Å². The number of benzene rings is 2. The molecule has 1 N–H and O–H groups in total. The summed E-state index contributed by atoms with van der Waals surface area (Å²) in [4.78, 5) is 29.9. The van der Waals surface area contributed by atoms with Crippen LogP contribution in [0.3, 0.4) is 0 Å². The molecular formula is C21H17N3O2S2. The standard InChI is InChI=1S/C21H17N3O2S2/c25-18(22-16-9-5-2-6-10-16)14-28-21-23-17-11-12-27-19(17)20(26)24(21)13-15-7-3-1-4-8-15/h1-12H,13-14H2,(H,22,25). The number of thiophene rings is 1. The average molecular weight is 408 g/mol. The van der Waals surface area contributed by atoms with E-state index in [1.165, 1.54) is 23.1 Å². The fourth-order valence-electron chi connectivity index (χ4n) is 2.79. The fourth-order valence-corrected chi connectivity index (χ4v) is 4.36. The number of aromatic nitrogens is 2. The molecule has 140 valence electrons. The lowest BCUT2D eigenvalue weighted by atomic mass is 10.2. The summed E-state index contributed by atoms with van der Waals surface area (Å²) < 4.78 is 2.28. The van der Waals surface area contributed by atoms with E-state index in [2.05, 4.69) is 10.3 Å². The molecule has 0 fully saturated rings. The minimum absolute atomic E-state index is 0.0742. The van der Waals surface area contributed by atoms with Crippen LogP contribution in [0.5, 0.6) is 0 Å². The smallest absolute Gasteiger partial charge is 0.272 e. The normalized spacial score (nSPS) is 10.9. The summed E-state index contributed by atoms with van der Waals surface area (Å²) in [6, 6.07) is 20.9.